The highest BCUT2D eigenvalue weighted by molar-refractivity contribution is 5.87. The SMILES string of the molecule is C=C(C)C(=O)ON(CC)C(=O)On1ccnc1. The molecule has 0 unspecified atom stereocenters. The van der Waals surface area contributed by atoms with Gasteiger partial charge in [0.1, 0.15) is 6.33 Å². The molecular formula is C10H13N3O4. The van der Waals surface area contributed by atoms with E-state index in [1.165, 1.54) is 25.6 Å². The van der Waals surface area contributed by atoms with Crippen LogP contribution in [0.3, 0.4) is 0 Å². The van der Waals surface area contributed by atoms with Gasteiger partial charge in [0.05, 0.1) is 12.7 Å². The lowest BCUT2D eigenvalue weighted by molar-refractivity contribution is -0.175. The summed E-state index contributed by atoms with van der Waals surface area (Å²) >= 11 is 0. The van der Waals surface area contributed by atoms with Crippen LogP contribution >= 0.6 is 0 Å². The molecule has 0 atom stereocenters. The second-order valence-electron chi connectivity index (χ2n) is 3.13. The molecule has 0 aliphatic carbocycles. The highest BCUT2D eigenvalue weighted by atomic mass is 16.8. The molecule has 0 saturated carbocycles. The summed E-state index contributed by atoms with van der Waals surface area (Å²) < 4.78 is 1.10. The number of hydrogen-bond donors (Lipinski definition) is 0. The van der Waals surface area contributed by atoms with Crippen molar-refractivity contribution in [2.75, 3.05) is 6.54 Å². The molecule has 7 heteroatoms. The van der Waals surface area contributed by atoms with Crippen molar-refractivity contribution in [1.29, 1.82) is 0 Å². The van der Waals surface area contributed by atoms with Crippen molar-refractivity contribution in [2.45, 2.75) is 13.8 Å². The Kier molecular flexibility index (Phi) is 4.27. The fourth-order valence-corrected chi connectivity index (χ4v) is 0.846. The van der Waals surface area contributed by atoms with Gasteiger partial charge in [-0.25, -0.2) is 14.6 Å². The molecule has 92 valence electrons. The molecule has 0 aromatic carbocycles. The van der Waals surface area contributed by atoms with Gasteiger partial charge < -0.3 is 9.68 Å². The predicted molar refractivity (Wildman–Crippen MR) is 57.5 cm³/mol. The summed E-state index contributed by atoms with van der Waals surface area (Å²) in [6.45, 7) is 6.69. The molecular weight excluding hydrogens is 226 g/mol. The highest BCUT2D eigenvalue weighted by Crippen LogP contribution is 1.99. The number of carbonyl (C=O) groups excluding carboxylic acids is 2. The number of amides is 1. The third kappa shape index (κ3) is 3.63. The Labute approximate surface area is 98.2 Å². The minimum absolute atomic E-state index is 0.159. The maximum atomic E-state index is 11.5. The molecule has 1 amide bonds. The number of aromatic nitrogens is 2. The van der Waals surface area contributed by atoms with Crippen molar-refractivity contribution in [3.8, 4) is 0 Å². The van der Waals surface area contributed by atoms with Gasteiger partial charge in [-0.15, -0.1) is 5.06 Å². The van der Waals surface area contributed by atoms with E-state index >= 15 is 0 Å². The molecule has 7 nitrogen and oxygen atoms in total. The second kappa shape index (κ2) is 5.69. The van der Waals surface area contributed by atoms with Crippen LogP contribution in [0.5, 0.6) is 0 Å². The monoisotopic (exact) mass is 239 g/mol. The van der Waals surface area contributed by atoms with Gasteiger partial charge in [0, 0.05) is 11.8 Å². The zero-order valence-electron chi connectivity index (χ0n) is 9.62. The van der Waals surface area contributed by atoms with Gasteiger partial charge in [0.15, 0.2) is 0 Å². The lowest BCUT2D eigenvalue weighted by atomic mass is 10.4. The molecule has 0 N–H and O–H groups in total. The molecule has 0 bridgehead atoms. The van der Waals surface area contributed by atoms with Crippen LogP contribution in [0.2, 0.25) is 0 Å². The number of imidazole rings is 1. The van der Waals surface area contributed by atoms with Crippen molar-refractivity contribution in [2.24, 2.45) is 0 Å². The van der Waals surface area contributed by atoms with Crippen molar-refractivity contribution in [1.82, 2.24) is 14.8 Å². The molecule has 1 aromatic heterocycles. The largest absolute Gasteiger partial charge is 0.468 e. The van der Waals surface area contributed by atoms with Gasteiger partial charge in [-0.3, -0.25) is 0 Å². The Morgan fingerprint density at radius 3 is 2.71 bits per heavy atom. The first-order chi connectivity index (χ1) is 8.04. The summed E-state index contributed by atoms with van der Waals surface area (Å²) in [5.41, 5.74) is 0.193. The lowest BCUT2D eigenvalue weighted by Crippen LogP contribution is -2.38. The van der Waals surface area contributed by atoms with E-state index in [9.17, 15) is 9.59 Å². The van der Waals surface area contributed by atoms with E-state index in [1.54, 1.807) is 6.92 Å². The Hall–Kier alpha value is -2.31. The summed E-state index contributed by atoms with van der Waals surface area (Å²) in [4.78, 5) is 36.1. The fraction of sp³-hybridized carbons (Fsp3) is 0.300. The molecule has 0 aliphatic rings. The van der Waals surface area contributed by atoms with Crippen molar-refractivity contribution in [3.63, 3.8) is 0 Å². The zero-order valence-corrected chi connectivity index (χ0v) is 9.62. The average molecular weight is 239 g/mol. The standard InChI is InChI=1S/C10H13N3O4/c1-4-13(16-9(14)8(2)3)10(15)17-12-6-5-11-7-12/h5-7H,2,4H2,1,3H3. The minimum atomic E-state index is -0.819. The second-order valence-corrected chi connectivity index (χ2v) is 3.13. The molecule has 0 saturated heterocycles. The quantitative estimate of drug-likeness (QED) is 0.576. The Balaban J connectivity index is 2.58. The van der Waals surface area contributed by atoms with Crippen LogP contribution in [0.4, 0.5) is 4.79 Å². The summed E-state index contributed by atoms with van der Waals surface area (Å²) in [5, 5.41) is 0.789. The Morgan fingerprint density at radius 1 is 1.53 bits per heavy atom. The molecule has 0 spiro atoms. The van der Waals surface area contributed by atoms with E-state index < -0.39 is 12.1 Å². The number of nitrogens with zero attached hydrogens (tertiary/aromatic N) is 3. The third-order valence-electron chi connectivity index (χ3n) is 1.70. The number of hydroxylamine groups is 2. The van der Waals surface area contributed by atoms with Gasteiger partial charge in [-0.05, 0) is 13.8 Å². The Morgan fingerprint density at radius 2 is 2.24 bits per heavy atom. The normalized spacial score (nSPS) is 9.53. The first kappa shape index (κ1) is 12.8. The maximum absolute atomic E-state index is 11.5. The molecule has 0 fully saturated rings. The fourth-order valence-electron chi connectivity index (χ4n) is 0.846. The van der Waals surface area contributed by atoms with E-state index in [0.29, 0.717) is 0 Å². The summed E-state index contributed by atoms with van der Waals surface area (Å²) in [6.07, 6.45) is 3.36. The molecule has 17 heavy (non-hydrogen) atoms. The van der Waals surface area contributed by atoms with Crippen molar-refractivity contribution in [3.05, 3.63) is 30.9 Å². The Bertz CT molecular complexity index is 413. The van der Waals surface area contributed by atoms with Crippen molar-refractivity contribution >= 4 is 12.1 Å². The van der Waals surface area contributed by atoms with Gasteiger partial charge in [0.25, 0.3) is 0 Å². The summed E-state index contributed by atoms with van der Waals surface area (Å²) in [5.74, 6) is -0.686. The molecule has 0 radical (unpaired) electrons. The van der Waals surface area contributed by atoms with Gasteiger partial charge >= 0.3 is 12.1 Å². The number of hydrogen-bond acceptors (Lipinski definition) is 5. The van der Waals surface area contributed by atoms with Gasteiger partial charge in [-0.1, -0.05) is 6.58 Å². The van der Waals surface area contributed by atoms with E-state index in [-0.39, 0.29) is 12.1 Å². The lowest BCUT2D eigenvalue weighted by Gasteiger charge is -2.18. The van der Waals surface area contributed by atoms with E-state index in [1.807, 2.05) is 0 Å². The first-order valence-electron chi connectivity index (χ1n) is 4.90. The minimum Gasteiger partial charge on any atom is -0.330 e. The van der Waals surface area contributed by atoms with Crippen LogP contribution in [0, 0.1) is 0 Å². The van der Waals surface area contributed by atoms with E-state index in [4.69, 9.17) is 9.68 Å². The van der Waals surface area contributed by atoms with Gasteiger partial charge in [0.2, 0.25) is 0 Å². The molecule has 1 heterocycles. The van der Waals surface area contributed by atoms with Crippen LogP contribution in [0.15, 0.2) is 30.9 Å². The average Bonchev–Trinajstić information content (AvgIpc) is 2.77. The van der Waals surface area contributed by atoms with E-state index in [0.717, 1.165) is 9.79 Å². The molecule has 0 aliphatic heterocycles. The maximum Gasteiger partial charge on any atom is 0.468 e. The van der Waals surface area contributed by atoms with Crippen LogP contribution in [0.1, 0.15) is 13.8 Å². The number of rotatable bonds is 3. The molecule has 1 aromatic rings. The smallest absolute Gasteiger partial charge is 0.330 e. The van der Waals surface area contributed by atoms with Crippen LogP contribution in [-0.4, -0.2) is 33.4 Å². The van der Waals surface area contributed by atoms with Crippen LogP contribution in [-0.2, 0) is 9.63 Å². The van der Waals surface area contributed by atoms with Crippen molar-refractivity contribution < 1.29 is 19.3 Å². The highest BCUT2D eigenvalue weighted by Gasteiger charge is 2.19. The van der Waals surface area contributed by atoms with Crippen LogP contribution in [0.25, 0.3) is 0 Å². The summed E-state index contributed by atoms with van der Waals surface area (Å²) in [6, 6.07) is 0. The topological polar surface area (TPSA) is 73.7 Å². The zero-order chi connectivity index (χ0) is 12.8. The van der Waals surface area contributed by atoms with E-state index in [2.05, 4.69) is 11.6 Å². The third-order valence-corrected chi connectivity index (χ3v) is 1.70. The van der Waals surface area contributed by atoms with Crippen LogP contribution < -0.4 is 4.84 Å². The summed E-state index contributed by atoms with van der Waals surface area (Å²) in [7, 11) is 0. The molecule has 1 rings (SSSR count). The predicted octanol–water partition coefficient (Wildman–Crippen LogP) is 0.788. The number of carbonyl (C=O) groups is 2. The first-order valence-corrected chi connectivity index (χ1v) is 4.90. The van der Waals surface area contributed by atoms with Gasteiger partial charge in [-0.2, -0.15) is 4.73 Å².